The number of hydrazine groups is 1. The maximum atomic E-state index is 13.3. The maximum Gasteiger partial charge on any atom is 0.194 e. The molecule has 1 atom stereocenters. The van der Waals surface area contributed by atoms with E-state index < -0.39 is 17.5 Å². The summed E-state index contributed by atoms with van der Waals surface area (Å²) in [6, 6.07) is 1.72. The van der Waals surface area contributed by atoms with Crippen LogP contribution in [-0.4, -0.2) is 0 Å². The lowest BCUT2D eigenvalue weighted by atomic mass is 9.77. The van der Waals surface area contributed by atoms with Crippen molar-refractivity contribution in [1.82, 2.24) is 5.43 Å². The van der Waals surface area contributed by atoms with Crippen LogP contribution in [-0.2, 0) is 0 Å². The molecule has 1 fully saturated rings. The van der Waals surface area contributed by atoms with Gasteiger partial charge in [0.1, 0.15) is 0 Å². The van der Waals surface area contributed by atoms with E-state index in [1.807, 2.05) is 0 Å². The Kier molecular flexibility index (Phi) is 4.47. The third kappa shape index (κ3) is 3.09. The van der Waals surface area contributed by atoms with Gasteiger partial charge in [0.2, 0.25) is 0 Å². The second-order valence-electron chi connectivity index (χ2n) is 5.46. The number of hydrogen-bond donors (Lipinski definition) is 2. The highest BCUT2D eigenvalue weighted by Gasteiger charge is 2.28. The average Bonchev–Trinajstić information content (AvgIpc) is 2.39. The zero-order chi connectivity index (χ0) is 14.0. The van der Waals surface area contributed by atoms with Gasteiger partial charge >= 0.3 is 0 Å². The molecule has 106 valence electrons. The zero-order valence-electron chi connectivity index (χ0n) is 10.9. The Bertz CT molecular complexity index is 419. The SMILES string of the molecule is CC1CCC(C(NN)c2cc(F)c(F)c(F)c2)CC1. The van der Waals surface area contributed by atoms with Gasteiger partial charge in [-0.25, -0.2) is 13.2 Å². The molecule has 0 aromatic heterocycles. The molecule has 3 N–H and O–H groups in total. The van der Waals surface area contributed by atoms with Gasteiger partial charge in [-0.05, 0) is 42.4 Å². The van der Waals surface area contributed by atoms with Gasteiger partial charge in [0.05, 0.1) is 0 Å². The van der Waals surface area contributed by atoms with Crippen LogP contribution in [0.3, 0.4) is 0 Å². The molecule has 2 rings (SSSR count). The monoisotopic (exact) mass is 272 g/mol. The Hall–Kier alpha value is -1.07. The van der Waals surface area contributed by atoms with Crippen LogP contribution in [0.4, 0.5) is 13.2 Å². The van der Waals surface area contributed by atoms with Gasteiger partial charge in [-0.3, -0.25) is 11.3 Å². The van der Waals surface area contributed by atoms with E-state index in [0.29, 0.717) is 11.5 Å². The van der Waals surface area contributed by atoms with Crippen molar-refractivity contribution in [3.8, 4) is 0 Å². The van der Waals surface area contributed by atoms with Crippen molar-refractivity contribution >= 4 is 0 Å². The fraction of sp³-hybridized carbons (Fsp3) is 0.571. The molecule has 1 aromatic rings. The molecule has 5 heteroatoms. The molecule has 19 heavy (non-hydrogen) atoms. The van der Waals surface area contributed by atoms with Crippen LogP contribution in [0.5, 0.6) is 0 Å². The largest absolute Gasteiger partial charge is 0.271 e. The number of rotatable bonds is 3. The standard InChI is InChI=1S/C14H19F3N2/c1-8-2-4-9(5-3-8)14(19-18)10-6-11(15)13(17)12(16)7-10/h6-9,14,19H,2-5,18H2,1H3. The van der Waals surface area contributed by atoms with Crippen LogP contribution in [0.25, 0.3) is 0 Å². The summed E-state index contributed by atoms with van der Waals surface area (Å²) >= 11 is 0. The predicted molar refractivity (Wildman–Crippen MR) is 67.5 cm³/mol. The Labute approximate surface area is 111 Å². The van der Waals surface area contributed by atoms with Crippen molar-refractivity contribution in [3.05, 3.63) is 35.1 Å². The molecule has 0 radical (unpaired) electrons. The van der Waals surface area contributed by atoms with E-state index in [9.17, 15) is 13.2 Å². The highest BCUT2D eigenvalue weighted by atomic mass is 19.2. The topological polar surface area (TPSA) is 38.0 Å². The fourth-order valence-corrected chi connectivity index (χ4v) is 2.88. The highest BCUT2D eigenvalue weighted by Crippen LogP contribution is 2.36. The number of nitrogens with one attached hydrogen (secondary N) is 1. The van der Waals surface area contributed by atoms with Gasteiger partial charge in [-0.1, -0.05) is 19.8 Å². The van der Waals surface area contributed by atoms with Crippen molar-refractivity contribution in [2.45, 2.75) is 38.6 Å². The molecule has 0 bridgehead atoms. The summed E-state index contributed by atoms with van der Waals surface area (Å²) in [7, 11) is 0. The Balaban J connectivity index is 2.22. The summed E-state index contributed by atoms with van der Waals surface area (Å²) < 4.78 is 39.5. The van der Waals surface area contributed by atoms with Crippen LogP contribution >= 0.6 is 0 Å². The summed E-state index contributed by atoms with van der Waals surface area (Å²) in [5, 5.41) is 0. The normalized spacial score (nSPS) is 25.3. The minimum Gasteiger partial charge on any atom is -0.271 e. The van der Waals surface area contributed by atoms with E-state index in [0.717, 1.165) is 37.8 Å². The summed E-state index contributed by atoms with van der Waals surface area (Å²) in [4.78, 5) is 0. The van der Waals surface area contributed by atoms with E-state index in [1.165, 1.54) is 0 Å². The van der Waals surface area contributed by atoms with Crippen molar-refractivity contribution in [3.63, 3.8) is 0 Å². The molecule has 1 aromatic carbocycles. The lowest BCUT2D eigenvalue weighted by molar-refractivity contribution is 0.231. The smallest absolute Gasteiger partial charge is 0.194 e. The molecule has 1 aliphatic carbocycles. The Morgan fingerprint density at radius 3 is 2.11 bits per heavy atom. The van der Waals surface area contributed by atoms with E-state index in [4.69, 9.17) is 5.84 Å². The first-order valence-electron chi connectivity index (χ1n) is 6.63. The van der Waals surface area contributed by atoms with Crippen molar-refractivity contribution in [2.24, 2.45) is 17.7 Å². The molecule has 1 unspecified atom stereocenters. The average molecular weight is 272 g/mol. The molecule has 1 aliphatic rings. The molecule has 0 heterocycles. The van der Waals surface area contributed by atoms with Crippen LogP contribution in [0.2, 0.25) is 0 Å². The Morgan fingerprint density at radius 2 is 1.63 bits per heavy atom. The van der Waals surface area contributed by atoms with Crippen molar-refractivity contribution < 1.29 is 13.2 Å². The second kappa shape index (κ2) is 5.92. The lowest BCUT2D eigenvalue weighted by Crippen LogP contribution is -2.35. The summed E-state index contributed by atoms with van der Waals surface area (Å²) in [6.07, 6.45) is 4.07. The molecule has 1 saturated carbocycles. The summed E-state index contributed by atoms with van der Waals surface area (Å²) in [5.41, 5.74) is 2.99. The summed E-state index contributed by atoms with van der Waals surface area (Å²) in [6.45, 7) is 2.19. The second-order valence-corrected chi connectivity index (χ2v) is 5.46. The fourth-order valence-electron chi connectivity index (χ4n) is 2.88. The molecular weight excluding hydrogens is 253 g/mol. The molecule has 0 spiro atoms. The van der Waals surface area contributed by atoms with Gasteiger partial charge in [0, 0.05) is 6.04 Å². The number of halogens is 3. The highest BCUT2D eigenvalue weighted by molar-refractivity contribution is 5.23. The first-order valence-corrected chi connectivity index (χ1v) is 6.63. The van der Waals surface area contributed by atoms with Gasteiger partial charge in [0.15, 0.2) is 17.5 Å². The number of hydrogen-bond acceptors (Lipinski definition) is 2. The zero-order valence-corrected chi connectivity index (χ0v) is 10.9. The van der Waals surface area contributed by atoms with Crippen LogP contribution in [0.1, 0.15) is 44.2 Å². The van der Waals surface area contributed by atoms with Gasteiger partial charge in [-0.2, -0.15) is 0 Å². The van der Waals surface area contributed by atoms with Gasteiger partial charge in [0.25, 0.3) is 0 Å². The van der Waals surface area contributed by atoms with E-state index in [-0.39, 0.29) is 12.0 Å². The minimum absolute atomic E-state index is 0.227. The lowest BCUT2D eigenvalue weighted by Gasteiger charge is -2.32. The third-order valence-electron chi connectivity index (χ3n) is 4.08. The van der Waals surface area contributed by atoms with Gasteiger partial charge < -0.3 is 0 Å². The third-order valence-corrected chi connectivity index (χ3v) is 4.08. The summed E-state index contributed by atoms with van der Waals surface area (Å²) in [5.74, 6) is 2.66. The molecule has 0 saturated heterocycles. The maximum absolute atomic E-state index is 13.3. The predicted octanol–water partition coefficient (Wildman–Crippen LogP) is 3.43. The quantitative estimate of drug-likeness (QED) is 0.502. The van der Waals surface area contributed by atoms with E-state index in [2.05, 4.69) is 12.3 Å². The molecule has 0 amide bonds. The van der Waals surface area contributed by atoms with Crippen molar-refractivity contribution in [1.29, 1.82) is 0 Å². The van der Waals surface area contributed by atoms with Crippen LogP contribution in [0.15, 0.2) is 12.1 Å². The molecule has 0 aliphatic heterocycles. The van der Waals surface area contributed by atoms with Crippen molar-refractivity contribution in [2.75, 3.05) is 0 Å². The van der Waals surface area contributed by atoms with Crippen LogP contribution in [0, 0.1) is 29.3 Å². The van der Waals surface area contributed by atoms with Gasteiger partial charge in [-0.15, -0.1) is 0 Å². The first kappa shape index (κ1) is 14.3. The van der Waals surface area contributed by atoms with Crippen LogP contribution < -0.4 is 11.3 Å². The number of benzene rings is 1. The first-order chi connectivity index (χ1) is 9.02. The minimum atomic E-state index is -1.43. The molecule has 2 nitrogen and oxygen atoms in total. The number of nitrogens with two attached hydrogens (primary N) is 1. The Morgan fingerprint density at radius 1 is 1.11 bits per heavy atom. The van der Waals surface area contributed by atoms with E-state index in [1.54, 1.807) is 0 Å². The van der Waals surface area contributed by atoms with E-state index >= 15 is 0 Å². The molecular formula is C14H19F3N2.